The first-order valence-electron chi connectivity index (χ1n) is 4.41. The van der Waals surface area contributed by atoms with Gasteiger partial charge in [0.1, 0.15) is 6.67 Å². The number of aromatic nitrogens is 1. The number of halogens is 4. The van der Waals surface area contributed by atoms with E-state index >= 15 is 0 Å². The first-order chi connectivity index (χ1) is 8.30. The Bertz CT molecular complexity index is 461. The maximum absolute atomic E-state index is 12.7. The fraction of sp³-hybridized carbons (Fsp3) is 0.333. The Labute approximate surface area is 98.0 Å². The van der Waals surface area contributed by atoms with E-state index < -0.39 is 41.8 Å². The number of pyridine rings is 1. The van der Waals surface area contributed by atoms with Crippen molar-refractivity contribution in [2.24, 2.45) is 0 Å². The Balaban J connectivity index is 3.41. The lowest BCUT2D eigenvalue weighted by Crippen LogP contribution is -2.20. The molecule has 0 aromatic carbocycles. The Morgan fingerprint density at radius 1 is 1.50 bits per heavy atom. The molecule has 1 heterocycles. The second-order valence-corrected chi connectivity index (χ2v) is 2.98. The fourth-order valence-electron chi connectivity index (χ4n) is 1.19. The first-order valence-corrected chi connectivity index (χ1v) is 4.41. The highest BCUT2D eigenvalue weighted by Crippen LogP contribution is 2.36. The molecule has 0 unspecified atom stereocenters. The van der Waals surface area contributed by atoms with Crippen molar-refractivity contribution in [3.8, 4) is 11.6 Å². The summed E-state index contributed by atoms with van der Waals surface area (Å²) in [4.78, 5) is 14.0. The largest absolute Gasteiger partial charge is 0.573 e. The molecule has 0 aliphatic heterocycles. The number of carboxylic acid groups (broad SMARTS) is 1. The summed E-state index contributed by atoms with van der Waals surface area (Å²) in [6.45, 7) is -1.47. The molecule has 0 aliphatic carbocycles. The van der Waals surface area contributed by atoms with Crippen LogP contribution < -0.4 is 9.47 Å². The van der Waals surface area contributed by atoms with E-state index in [0.29, 0.717) is 6.20 Å². The third-order valence-corrected chi connectivity index (χ3v) is 1.88. The summed E-state index contributed by atoms with van der Waals surface area (Å²) in [6.07, 6.45) is -4.42. The molecule has 0 radical (unpaired) electrons. The van der Waals surface area contributed by atoms with Crippen LogP contribution in [0, 0.1) is 0 Å². The first kappa shape index (κ1) is 14.0. The lowest BCUT2D eigenvalue weighted by atomic mass is 10.1. The highest BCUT2D eigenvalue weighted by Gasteiger charge is 2.35. The van der Waals surface area contributed by atoms with Crippen LogP contribution in [0.2, 0.25) is 0 Å². The number of carboxylic acids is 1. The van der Waals surface area contributed by atoms with Crippen LogP contribution in [0.5, 0.6) is 11.6 Å². The van der Waals surface area contributed by atoms with Crippen molar-refractivity contribution in [2.75, 3.05) is 7.11 Å². The Kier molecular flexibility index (Phi) is 3.94. The zero-order chi connectivity index (χ0) is 13.9. The highest BCUT2D eigenvalue weighted by atomic mass is 19.4. The predicted molar refractivity (Wildman–Crippen MR) is 49.2 cm³/mol. The summed E-state index contributed by atoms with van der Waals surface area (Å²) in [6, 6.07) is 0. The summed E-state index contributed by atoms with van der Waals surface area (Å²) in [5, 5.41) is 8.70. The number of hydrogen-bond acceptors (Lipinski definition) is 4. The van der Waals surface area contributed by atoms with E-state index in [0.717, 1.165) is 7.11 Å². The van der Waals surface area contributed by atoms with Crippen LogP contribution in [0.3, 0.4) is 0 Å². The number of alkyl halides is 4. The average molecular weight is 269 g/mol. The summed E-state index contributed by atoms with van der Waals surface area (Å²) < 4.78 is 57.1. The molecule has 0 aliphatic rings. The van der Waals surface area contributed by atoms with Crippen molar-refractivity contribution in [1.29, 1.82) is 0 Å². The minimum Gasteiger partial charge on any atom is -0.478 e. The monoisotopic (exact) mass is 269 g/mol. The Morgan fingerprint density at radius 3 is 2.50 bits per heavy atom. The van der Waals surface area contributed by atoms with Gasteiger partial charge in [0.25, 0.3) is 5.88 Å². The van der Waals surface area contributed by atoms with Gasteiger partial charge in [0.05, 0.1) is 12.7 Å². The van der Waals surface area contributed by atoms with Crippen molar-refractivity contribution < 1.29 is 36.9 Å². The summed E-state index contributed by atoms with van der Waals surface area (Å²) >= 11 is 0. The second kappa shape index (κ2) is 5.07. The molecule has 0 amide bonds. The number of carbonyl (C=O) groups is 1. The van der Waals surface area contributed by atoms with E-state index in [1.165, 1.54) is 0 Å². The molecule has 0 saturated carbocycles. The molecule has 1 N–H and O–H groups in total. The molecular weight excluding hydrogens is 262 g/mol. The fourth-order valence-corrected chi connectivity index (χ4v) is 1.19. The standard InChI is InChI=1S/C9H7F4NO4/c1-17-7-6(18-9(11,12)13)4(2-10)5(3-14-7)8(15)16/h3H,2H2,1H3,(H,15,16). The number of nitrogens with zero attached hydrogens (tertiary/aromatic N) is 1. The third kappa shape index (κ3) is 2.99. The van der Waals surface area contributed by atoms with Crippen LogP contribution in [0.25, 0.3) is 0 Å². The predicted octanol–water partition coefficient (Wildman–Crippen LogP) is 2.16. The van der Waals surface area contributed by atoms with Crippen LogP contribution in [-0.4, -0.2) is 29.5 Å². The van der Waals surface area contributed by atoms with Gasteiger partial charge < -0.3 is 14.6 Å². The minimum absolute atomic E-state index is 0.648. The molecule has 5 nitrogen and oxygen atoms in total. The van der Waals surface area contributed by atoms with E-state index in [2.05, 4.69) is 14.5 Å². The maximum atomic E-state index is 12.7. The molecule has 18 heavy (non-hydrogen) atoms. The Morgan fingerprint density at radius 2 is 2.11 bits per heavy atom. The number of methoxy groups -OCH3 is 1. The van der Waals surface area contributed by atoms with E-state index in [4.69, 9.17) is 5.11 Å². The third-order valence-electron chi connectivity index (χ3n) is 1.88. The molecule has 0 spiro atoms. The SMILES string of the molecule is COc1ncc(C(=O)O)c(CF)c1OC(F)(F)F. The summed E-state index contributed by atoms with van der Waals surface area (Å²) in [7, 11) is 0.994. The topological polar surface area (TPSA) is 68.7 Å². The maximum Gasteiger partial charge on any atom is 0.573 e. The minimum atomic E-state index is -5.12. The van der Waals surface area contributed by atoms with Crippen LogP contribution in [-0.2, 0) is 6.67 Å². The summed E-state index contributed by atoms with van der Waals surface area (Å²) in [5.41, 5.74) is -1.51. The van der Waals surface area contributed by atoms with Crippen LogP contribution in [0.4, 0.5) is 17.6 Å². The van der Waals surface area contributed by atoms with Crippen molar-refractivity contribution in [3.63, 3.8) is 0 Å². The van der Waals surface area contributed by atoms with Crippen LogP contribution in [0.1, 0.15) is 15.9 Å². The molecule has 1 rings (SSSR count). The highest BCUT2D eigenvalue weighted by molar-refractivity contribution is 5.90. The van der Waals surface area contributed by atoms with E-state index in [9.17, 15) is 22.4 Å². The van der Waals surface area contributed by atoms with Gasteiger partial charge in [0.15, 0.2) is 5.75 Å². The van der Waals surface area contributed by atoms with Crippen molar-refractivity contribution in [2.45, 2.75) is 13.0 Å². The molecule has 1 aromatic rings. The van der Waals surface area contributed by atoms with Gasteiger partial charge >= 0.3 is 12.3 Å². The van der Waals surface area contributed by atoms with Crippen molar-refractivity contribution in [3.05, 3.63) is 17.3 Å². The molecule has 0 fully saturated rings. The lowest BCUT2D eigenvalue weighted by molar-refractivity contribution is -0.275. The van der Waals surface area contributed by atoms with Crippen molar-refractivity contribution >= 4 is 5.97 Å². The van der Waals surface area contributed by atoms with Gasteiger partial charge in [-0.1, -0.05) is 0 Å². The van der Waals surface area contributed by atoms with E-state index in [1.807, 2.05) is 0 Å². The van der Waals surface area contributed by atoms with Gasteiger partial charge in [-0.2, -0.15) is 0 Å². The molecule has 0 atom stereocenters. The second-order valence-electron chi connectivity index (χ2n) is 2.98. The van der Waals surface area contributed by atoms with E-state index in [1.54, 1.807) is 0 Å². The van der Waals surface area contributed by atoms with Gasteiger partial charge in [0.2, 0.25) is 0 Å². The zero-order valence-electron chi connectivity index (χ0n) is 8.92. The van der Waals surface area contributed by atoms with Gasteiger partial charge in [-0.15, -0.1) is 13.2 Å². The molecular formula is C9H7F4NO4. The Hall–Kier alpha value is -2.06. The molecule has 1 aromatic heterocycles. The molecule has 0 bridgehead atoms. The zero-order valence-corrected chi connectivity index (χ0v) is 8.92. The summed E-state index contributed by atoms with van der Waals surface area (Å²) in [5.74, 6) is -3.36. The quantitative estimate of drug-likeness (QED) is 0.848. The lowest BCUT2D eigenvalue weighted by Gasteiger charge is -2.15. The number of hydrogen-bond donors (Lipinski definition) is 1. The van der Waals surface area contributed by atoms with Crippen LogP contribution in [0.15, 0.2) is 6.20 Å². The van der Waals surface area contributed by atoms with Gasteiger partial charge in [-0.3, -0.25) is 0 Å². The number of aromatic carboxylic acids is 1. The van der Waals surface area contributed by atoms with Crippen molar-refractivity contribution in [1.82, 2.24) is 4.98 Å². The molecule has 100 valence electrons. The van der Waals surface area contributed by atoms with E-state index in [-0.39, 0.29) is 0 Å². The smallest absolute Gasteiger partial charge is 0.478 e. The van der Waals surface area contributed by atoms with Gasteiger partial charge in [-0.05, 0) is 0 Å². The molecule has 9 heteroatoms. The average Bonchev–Trinajstić information content (AvgIpc) is 2.26. The number of rotatable bonds is 4. The van der Waals surface area contributed by atoms with Gasteiger partial charge in [-0.25, -0.2) is 14.2 Å². The van der Waals surface area contributed by atoms with Gasteiger partial charge in [0, 0.05) is 11.8 Å². The number of ether oxygens (including phenoxy) is 2. The van der Waals surface area contributed by atoms with Crippen LogP contribution >= 0.6 is 0 Å². The molecule has 0 saturated heterocycles. The normalized spacial score (nSPS) is 11.2.